The van der Waals surface area contributed by atoms with E-state index in [1.54, 1.807) is 0 Å². The molecule has 1 aliphatic rings. The molecule has 0 aliphatic carbocycles. The third-order valence-corrected chi connectivity index (χ3v) is 5.36. The minimum absolute atomic E-state index is 0.478. The van der Waals surface area contributed by atoms with Crippen LogP contribution < -0.4 is 0 Å². The molecule has 1 fully saturated rings. The molecule has 2 aromatic rings. The summed E-state index contributed by atoms with van der Waals surface area (Å²) < 4.78 is 11.7. The first-order valence-corrected chi connectivity index (χ1v) is 8.71. The number of hydrogen-bond acceptors (Lipinski definition) is 2. The monoisotopic (exact) mass is 334 g/mol. The average molecular weight is 332 g/mol. The third kappa shape index (κ3) is 1.62. The molecule has 4 heteroatoms. The fourth-order valence-corrected chi connectivity index (χ4v) is 4.69. The van der Waals surface area contributed by atoms with Crippen LogP contribution in [0.2, 0.25) is 0 Å². The van der Waals surface area contributed by atoms with E-state index in [2.05, 4.69) is 31.9 Å². The summed E-state index contributed by atoms with van der Waals surface area (Å²) in [5, 5.41) is 0. The first-order chi connectivity index (χ1) is 7.42. The van der Waals surface area contributed by atoms with Gasteiger partial charge in [0.25, 0.3) is 0 Å². The van der Waals surface area contributed by atoms with Crippen LogP contribution in [-0.2, 0) is 15.3 Å². The molecule has 0 unspecified atom stereocenters. The molecule has 3 rings (SSSR count). The van der Waals surface area contributed by atoms with E-state index < -0.39 is 5.79 Å². The second-order valence-corrected chi connectivity index (χ2v) is 6.61. The van der Waals surface area contributed by atoms with E-state index in [9.17, 15) is 0 Å². The molecule has 0 saturated carbocycles. The second kappa shape index (κ2) is 4.06. The van der Waals surface area contributed by atoms with Crippen molar-refractivity contribution >= 4 is 29.0 Å². The minimum atomic E-state index is -0.566. The van der Waals surface area contributed by atoms with Gasteiger partial charge in [-0.15, -0.1) is 0 Å². The van der Waals surface area contributed by atoms with Gasteiger partial charge in [0, 0.05) is 0 Å². The molecular formula is C11H10O2Se2. The van der Waals surface area contributed by atoms with Crippen LogP contribution in [0, 0.1) is 0 Å². The Balaban J connectivity index is 2.10. The fraction of sp³-hybridized carbons (Fsp3) is 0.273. The van der Waals surface area contributed by atoms with Crippen LogP contribution in [0.1, 0.15) is 11.1 Å². The summed E-state index contributed by atoms with van der Waals surface area (Å²) in [5.41, 5.74) is 2.38. The summed E-state index contributed by atoms with van der Waals surface area (Å²) in [4.78, 5) is 8.91. The summed E-state index contributed by atoms with van der Waals surface area (Å²) in [6.07, 6.45) is 0. The predicted octanol–water partition coefficient (Wildman–Crippen LogP) is 1.05. The molecule has 15 heavy (non-hydrogen) atoms. The summed E-state index contributed by atoms with van der Waals surface area (Å²) in [5.74, 6) is -0.566. The van der Waals surface area contributed by atoms with Gasteiger partial charge in [0.1, 0.15) is 0 Å². The van der Waals surface area contributed by atoms with Crippen LogP contribution in [0.3, 0.4) is 0 Å². The number of hydrogen-bond donors (Lipinski definition) is 0. The Bertz CT molecular complexity index is 377. The molecule has 1 aliphatic heterocycles. The van der Waals surface area contributed by atoms with Gasteiger partial charge < -0.3 is 0 Å². The van der Waals surface area contributed by atoms with Crippen molar-refractivity contribution in [2.24, 2.45) is 0 Å². The van der Waals surface area contributed by atoms with E-state index in [4.69, 9.17) is 9.47 Å². The van der Waals surface area contributed by atoms with Crippen LogP contribution in [0.25, 0.3) is 0 Å². The Labute approximate surface area is 100 Å². The van der Waals surface area contributed by atoms with Gasteiger partial charge in [-0.05, 0) is 0 Å². The van der Waals surface area contributed by atoms with Gasteiger partial charge >= 0.3 is 101 Å². The van der Waals surface area contributed by atoms with Crippen LogP contribution >= 0.6 is 0 Å². The summed E-state index contributed by atoms with van der Waals surface area (Å²) in [6.45, 7) is 1.38. The zero-order valence-electron chi connectivity index (χ0n) is 8.01. The molecule has 0 N–H and O–H groups in total. The normalized spacial score (nSPS) is 19.5. The van der Waals surface area contributed by atoms with Gasteiger partial charge in [-0.1, -0.05) is 0 Å². The molecule has 0 aromatic carbocycles. The zero-order chi connectivity index (χ0) is 10.1. The topological polar surface area (TPSA) is 18.5 Å². The Morgan fingerprint density at radius 3 is 1.87 bits per heavy atom. The molecule has 3 heterocycles. The van der Waals surface area contributed by atoms with Crippen LogP contribution in [-0.4, -0.2) is 42.2 Å². The van der Waals surface area contributed by atoms with Crippen LogP contribution in [0.5, 0.6) is 0 Å². The van der Waals surface area contributed by atoms with Crippen molar-refractivity contribution in [3.63, 3.8) is 0 Å². The van der Waals surface area contributed by atoms with E-state index in [0.29, 0.717) is 42.2 Å². The molecule has 2 aromatic heterocycles. The van der Waals surface area contributed by atoms with Gasteiger partial charge in [0.2, 0.25) is 0 Å². The van der Waals surface area contributed by atoms with Gasteiger partial charge in [-0.3, -0.25) is 0 Å². The van der Waals surface area contributed by atoms with Crippen molar-refractivity contribution in [3.8, 4) is 0 Å². The molecule has 1 saturated heterocycles. The second-order valence-electron chi connectivity index (χ2n) is 3.34. The summed E-state index contributed by atoms with van der Waals surface area (Å²) >= 11 is 0.956. The zero-order valence-corrected chi connectivity index (χ0v) is 11.4. The van der Waals surface area contributed by atoms with Gasteiger partial charge in [-0.2, -0.15) is 0 Å². The molecule has 0 bridgehead atoms. The van der Waals surface area contributed by atoms with Gasteiger partial charge in [-0.25, -0.2) is 0 Å². The summed E-state index contributed by atoms with van der Waals surface area (Å²) in [6, 6.07) is 4.29. The van der Waals surface area contributed by atoms with Crippen molar-refractivity contribution in [3.05, 3.63) is 43.0 Å². The number of rotatable bonds is 2. The van der Waals surface area contributed by atoms with Crippen LogP contribution in [0.15, 0.2) is 31.9 Å². The molecule has 0 radical (unpaired) electrons. The van der Waals surface area contributed by atoms with Gasteiger partial charge in [0.05, 0.1) is 0 Å². The Morgan fingerprint density at radius 2 is 1.47 bits per heavy atom. The molecule has 2 nitrogen and oxygen atoms in total. The number of ether oxygens (including phenoxy) is 2. The SMILES string of the molecule is c1cc(C2(c3cc[se]c3)OCCO2)c[se]1. The van der Waals surface area contributed by atoms with Crippen molar-refractivity contribution < 1.29 is 9.47 Å². The van der Waals surface area contributed by atoms with Gasteiger partial charge in [0.15, 0.2) is 0 Å². The summed E-state index contributed by atoms with van der Waals surface area (Å²) in [7, 11) is 0. The first-order valence-electron chi connectivity index (χ1n) is 4.75. The van der Waals surface area contributed by atoms with E-state index in [-0.39, 0.29) is 0 Å². The fourth-order valence-electron chi connectivity index (χ4n) is 1.82. The van der Waals surface area contributed by atoms with E-state index in [1.165, 1.54) is 11.1 Å². The third-order valence-electron chi connectivity index (χ3n) is 2.50. The Morgan fingerprint density at radius 1 is 0.933 bits per heavy atom. The molecular weight excluding hydrogens is 322 g/mol. The van der Waals surface area contributed by atoms with E-state index in [0.717, 1.165) is 0 Å². The standard InChI is InChI=1S/C11H10O2Se2/c1-5-14-7-9(1)11(12-3-4-13-11)10-2-6-15-8-10/h1-2,5-8H,3-4H2. The maximum absolute atomic E-state index is 5.87. The molecule has 0 atom stereocenters. The Hall–Kier alpha value is -0.0810. The van der Waals surface area contributed by atoms with Crippen LogP contribution in [0.4, 0.5) is 0 Å². The van der Waals surface area contributed by atoms with Crippen molar-refractivity contribution in [2.75, 3.05) is 13.2 Å². The molecule has 78 valence electrons. The Kier molecular flexibility index (Phi) is 2.73. The maximum atomic E-state index is 5.87. The van der Waals surface area contributed by atoms with Crippen molar-refractivity contribution in [1.82, 2.24) is 0 Å². The molecule has 0 spiro atoms. The first kappa shape index (κ1) is 10.1. The van der Waals surface area contributed by atoms with E-state index in [1.807, 2.05) is 0 Å². The quantitative estimate of drug-likeness (QED) is 0.766. The predicted molar refractivity (Wildman–Crippen MR) is 59.4 cm³/mol. The van der Waals surface area contributed by atoms with E-state index >= 15 is 0 Å². The molecule has 0 amide bonds. The van der Waals surface area contributed by atoms with Crippen molar-refractivity contribution in [2.45, 2.75) is 5.79 Å². The van der Waals surface area contributed by atoms with Crippen molar-refractivity contribution in [1.29, 1.82) is 0 Å². The average Bonchev–Trinajstić information content (AvgIpc) is 3.02.